The van der Waals surface area contributed by atoms with Crippen molar-refractivity contribution in [2.75, 3.05) is 11.1 Å². The van der Waals surface area contributed by atoms with E-state index < -0.39 is 6.61 Å². The molecule has 33 heavy (non-hydrogen) atoms. The molecule has 0 unspecified atom stereocenters. The number of benzene rings is 3. The molecular formula is C24H18ClF2N3O2S. The Kier molecular flexibility index (Phi) is 7.26. The molecule has 4 rings (SSSR count). The van der Waals surface area contributed by atoms with Crippen molar-refractivity contribution in [2.24, 2.45) is 0 Å². The SMILES string of the molecule is O=C(CSc1ncc(-c2ccccc2)n1-c1ccc(OC(F)F)cc1)Nc1cccc(Cl)c1. The molecule has 0 aliphatic carbocycles. The highest BCUT2D eigenvalue weighted by Crippen LogP contribution is 2.31. The lowest BCUT2D eigenvalue weighted by Crippen LogP contribution is -2.14. The number of anilines is 1. The third kappa shape index (κ3) is 5.91. The molecule has 0 aliphatic rings. The number of ether oxygens (including phenoxy) is 1. The summed E-state index contributed by atoms with van der Waals surface area (Å²) in [6.07, 6.45) is 1.72. The van der Waals surface area contributed by atoms with E-state index in [0.717, 1.165) is 11.3 Å². The van der Waals surface area contributed by atoms with E-state index in [9.17, 15) is 13.6 Å². The number of imidazole rings is 1. The molecule has 3 aromatic carbocycles. The molecule has 0 bridgehead atoms. The van der Waals surface area contributed by atoms with E-state index in [4.69, 9.17) is 11.6 Å². The Bertz CT molecular complexity index is 1230. The fraction of sp³-hybridized carbons (Fsp3) is 0.0833. The number of thioether (sulfide) groups is 1. The van der Waals surface area contributed by atoms with Crippen molar-refractivity contribution < 1.29 is 18.3 Å². The average molecular weight is 486 g/mol. The van der Waals surface area contributed by atoms with E-state index in [1.165, 1.54) is 23.9 Å². The van der Waals surface area contributed by atoms with E-state index in [-0.39, 0.29) is 17.4 Å². The number of amides is 1. The van der Waals surface area contributed by atoms with Crippen LogP contribution < -0.4 is 10.1 Å². The van der Waals surface area contributed by atoms with Crippen LogP contribution in [-0.2, 0) is 4.79 Å². The minimum absolute atomic E-state index is 0.0604. The first-order chi connectivity index (χ1) is 16.0. The molecule has 0 radical (unpaired) electrons. The molecule has 9 heteroatoms. The monoisotopic (exact) mass is 485 g/mol. The minimum atomic E-state index is -2.90. The molecule has 0 atom stereocenters. The van der Waals surface area contributed by atoms with Gasteiger partial charge in [-0.15, -0.1) is 0 Å². The van der Waals surface area contributed by atoms with Crippen LogP contribution in [0, 0.1) is 0 Å². The molecule has 0 saturated carbocycles. The van der Waals surface area contributed by atoms with Gasteiger partial charge in [-0.3, -0.25) is 9.36 Å². The van der Waals surface area contributed by atoms with Gasteiger partial charge < -0.3 is 10.1 Å². The van der Waals surface area contributed by atoms with E-state index in [1.807, 2.05) is 34.9 Å². The lowest BCUT2D eigenvalue weighted by Gasteiger charge is -2.13. The molecule has 0 spiro atoms. The van der Waals surface area contributed by atoms with Crippen LogP contribution in [0.1, 0.15) is 0 Å². The van der Waals surface area contributed by atoms with Crippen molar-refractivity contribution in [1.82, 2.24) is 9.55 Å². The molecule has 0 aliphatic heterocycles. The Balaban J connectivity index is 1.59. The zero-order valence-electron chi connectivity index (χ0n) is 17.1. The Hall–Kier alpha value is -3.36. The van der Waals surface area contributed by atoms with Crippen molar-refractivity contribution in [3.05, 3.63) is 90.1 Å². The van der Waals surface area contributed by atoms with Crippen molar-refractivity contribution in [3.8, 4) is 22.7 Å². The number of hydrogen-bond acceptors (Lipinski definition) is 4. The first kappa shape index (κ1) is 22.8. The maximum atomic E-state index is 12.5. The standard InChI is InChI=1S/C24H18ClF2N3O2S/c25-17-7-4-8-18(13-17)29-22(31)15-33-24-28-14-21(16-5-2-1-3-6-16)30(24)19-9-11-20(12-10-19)32-23(26)27/h1-14,23H,15H2,(H,29,31). The fourth-order valence-corrected chi connectivity index (χ4v) is 4.15. The molecule has 1 N–H and O–H groups in total. The summed E-state index contributed by atoms with van der Waals surface area (Å²) >= 11 is 7.23. The summed E-state index contributed by atoms with van der Waals surface area (Å²) in [4.78, 5) is 17.0. The second-order valence-electron chi connectivity index (χ2n) is 6.85. The number of rotatable bonds is 8. The summed E-state index contributed by atoms with van der Waals surface area (Å²) in [6.45, 7) is -2.90. The van der Waals surface area contributed by atoms with Crippen LogP contribution in [0.15, 0.2) is 90.2 Å². The number of hydrogen-bond donors (Lipinski definition) is 1. The topological polar surface area (TPSA) is 56.2 Å². The van der Waals surface area contributed by atoms with Crippen LogP contribution in [0.25, 0.3) is 16.9 Å². The highest BCUT2D eigenvalue weighted by molar-refractivity contribution is 7.99. The third-order valence-electron chi connectivity index (χ3n) is 4.56. The van der Waals surface area contributed by atoms with Gasteiger partial charge in [0.1, 0.15) is 5.75 Å². The largest absolute Gasteiger partial charge is 0.435 e. The van der Waals surface area contributed by atoms with E-state index >= 15 is 0 Å². The quantitative estimate of drug-likeness (QED) is 0.288. The Labute approximate surface area is 198 Å². The molecule has 1 aromatic heterocycles. The molecule has 4 aromatic rings. The van der Waals surface area contributed by atoms with E-state index in [1.54, 1.807) is 42.6 Å². The number of aromatic nitrogens is 2. The van der Waals surface area contributed by atoms with Gasteiger partial charge in [0.05, 0.1) is 17.6 Å². The van der Waals surface area contributed by atoms with Gasteiger partial charge in [0.25, 0.3) is 0 Å². The zero-order chi connectivity index (χ0) is 23.2. The number of carbonyl (C=O) groups excluding carboxylic acids is 1. The van der Waals surface area contributed by atoms with Crippen molar-refractivity contribution in [2.45, 2.75) is 11.8 Å². The average Bonchev–Trinajstić information content (AvgIpc) is 3.22. The van der Waals surface area contributed by atoms with Gasteiger partial charge in [0.2, 0.25) is 5.91 Å². The molecule has 0 saturated heterocycles. The van der Waals surface area contributed by atoms with Gasteiger partial charge in [-0.2, -0.15) is 8.78 Å². The van der Waals surface area contributed by atoms with Gasteiger partial charge in [-0.25, -0.2) is 4.98 Å². The molecule has 5 nitrogen and oxygen atoms in total. The first-order valence-corrected chi connectivity index (χ1v) is 11.2. The molecular weight excluding hydrogens is 468 g/mol. The summed E-state index contributed by atoms with van der Waals surface area (Å²) in [6, 6.07) is 22.8. The van der Waals surface area contributed by atoms with Crippen molar-refractivity contribution >= 4 is 35.0 Å². The highest BCUT2D eigenvalue weighted by atomic mass is 35.5. The van der Waals surface area contributed by atoms with Crippen LogP contribution in [0.4, 0.5) is 14.5 Å². The molecule has 1 amide bonds. The maximum absolute atomic E-state index is 12.5. The molecule has 168 valence electrons. The first-order valence-electron chi connectivity index (χ1n) is 9.86. The predicted octanol–water partition coefficient (Wildman–Crippen LogP) is 6.52. The van der Waals surface area contributed by atoms with Gasteiger partial charge in [0.15, 0.2) is 5.16 Å². The Morgan fingerprint density at radius 2 is 1.82 bits per heavy atom. The highest BCUT2D eigenvalue weighted by Gasteiger charge is 2.16. The lowest BCUT2D eigenvalue weighted by molar-refractivity contribution is -0.113. The van der Waals surface area contributed by atoms with Crippen molar-refractivity contribution in [3.63, 3.8) is 0 Å². The predicted molar refractivity (Wildman–Crippen MR) is 126 cm³/mol. The van der Waals surface area contributed by atoms with E-state index in [0.29, 0.717) is 21.6 Å². The van der Waals surface area contributed by atoms with Gasteiger partial charge >= 0.3 is 6.61 Å². The van der Waals surface area contributed by atoms with Crippen molar-refractivity contribution in [1.29, 1.82) is 0 Å². The van der Waals surface area contributed by atoms with Gasteiger partial charge in [-0.05, 0) is 42.5 Å². The second-order valence-corrected chi connectivity index (χ2v) is 8.23. The van der Waals surface area contributed by atoms with Gasteiger partial charge in [-0.1, -0.05) is 59.8 Å². The fourth-order valence-electron chi connectivity index (χ4n) is 3.17. The summed E-state index contributed by atoms with van der Waals surface area (Å²) in [5.74, 6) is -0.0337. The van der Waals surface area contributed by atoms with Crippen LogP contribution in [0.5, 0.6) is 5.75 Å². The lowest BCUT2D eigenvalue weighted by atomic mass is 10.1. The van der Waals surface area contributed by atoms with Crippen LogP contribution in [0.2, 0.25) is 5.02 Å². The van der Waals surface area contributed by atoms with Gasteiger partial charge in [0, 0.05) is 22.0 Å². The molecule has 1 heterocycles. The third-order valence-corrected chi connectivity index (χ3v) is 5.75. The number of alkyl halides is 2. The minimum Gasteiger partial charge on any atom is -0.435 e. The number of halogens is 3. The Morgan fingerprint density at radius 1 is 1.06 bits per heavy atom. The molecule has 0 fully saturated rings. The zero-order valence-corrected chi connectivity index (χ0v) is 18.7. The van der Waals surface area contributed by atoms with Crippen LogP contribution in [0.3, 0.4) is 0 Å². The smallest absolute Gasteiger partial charge is 0.387 e. The normalized spacial score (nSPS) is 10.9. The second kappa shape index (κ2) is 10.5. The summed E-state index contributed by atoms with van der Waals surface area (Å²) in [5.41, 5.74) is 3.03. The number of nitrogens with one attached hydrogen (secondary N) is 1. The number of nitrogens with zero attached hydrogens (tertiary/aromatic N) is 2. The van der Waals surface area contributed by atoms with Crippen LogP contribution in [-0.4, -0.2) is 27.8 Å². The maximum Gasteiger partial charge on any atom is 0.387 e. The van der Waals surface area contributed by atoms with Crippen LogP contribution >= 0.6 is 23.4 Å². The summed E-state index contributed by atoms with van der Waals surface area (Å²) in [7, 11) is 0. The Morgan fingerprint density at radius 3 is 2.52 bits per heavy atom. The number of carbonyl (C=O) groups is 1. The van der Waals surface area contributed by atoms with E-state index in [2.05, 4.69) is 15.0 Å². The summed E-state index contributed by atoms with van der Waals surface area (Å²) in [5, 5.41) is 3.92. The summed E-state index contributed by atoms with van der Waals surface area (Å²) < 4.78 is 31.3.